The van der Waals surface area contributed by atoms with Crippen LogP contribution in [0.2, 0.25) is 0 Å². The maximum atomic E-state index is 13.0. The third-order valence-electron chi connectivity index (χ3n) is 5.12. The average Bonchev–Trinajstić information content (AvgIpc) is 2.74. The zero-order valence-electron chi connectivity index (χ0n) is 17.3. The maximum Gasteiger partial charge on any atom is 0.247 e. The van der Waals surface area contributed by atoms with Crippen molar-refractivity contribution in [3.05, 3.63) is 55.0 Å². The number of nitrogens with zero attached hydrogens (tertiary/aromatic N) is 4. The summed E-state index contributed by atoms with van der Waals surface area (Å²) in [5.41, 5.74) is 1.38. The smallest absolute Gasteiger partial charge is 0.247 e. The van der Waals surface area contributed by atoms with E-state index in [-0.39, 0.29) is 16.7 Å². The molecule has 8 nitrogen and oxygen atoms in total. The van der Waals surface area contributed by atoms with Gasteiger partial charge in [0.05, 0.1) is 16.8 Å². The predicted molar refractivity (Wildman–Crippen MR) is 117 cm³/mol. The fourth-order valence-electron chi connectivity index (χ4n) is 3.57. The number of amides is 1. The van der Waals surface area contributed by atoms with E-state index in [9.17, 15) is 13.2 Å². The molecule has 1 unspecified atom stereocenters. The van der Waals surface area contributed by atoms with Crippen molar-refractivity contribution in [2.24, 2.45) is 5.92 Å². The highest BCUT2D eigenvalue weighted by Crippen LogP contribution is 2.24. The van der Waals surface area contributed by atoms with E-state index < -0.39 is 10.0 Å². The van der Waals surface area contributed by atoms with Gasteiger partial charge in [0.1, 0.15) is 5.82 Å². The normalized spacial score (nSPS) is 17.0. The van der Waals surface area contributed by atoms with Gasteiger partial charge >= 0.3 is 0 Å². The van der Waals surface area contributed by atoms with Crippen LogP contribution >= 0.6 is 0 Å². The first-order chi connectivity index (χ1) is 14.3. The molecule has 160 valence electrons. The zero-order chi connectivity index (χ0) is 21.7. The molecular weight excluding hydrogens is 402 g/mol. The summed E-state index contributed by atoms with van der Waals surface area (Å²) >= 11 is 0. The molecule has 1 saturated heterocycles. The largest absolute Gasteiger partial charge is 0.355 e. The van der Waals surface area contributed by atoms with Gasteiger partial charge in [0.15, 0.2) is 0 Å². The number of aryl methyl sites for hydroxylation is 1. The number of benzene rings is 1. The van der Waals surface area contributed by atoms with Crippen LogP contribution < -0.4 is 10.2 Å². The van der Waals surface area contributed by atoms with E-state index >= 15 is 0 Å². The van der Waals surface area contributed by atoms with Crippen LogP contribution in [0, 0.1) is 12.8 Å². The average molecular weight is 430 g/mol. The lowest BCUT2D eigenvalue weighted by atomic mass is 9.98. The maximum absolute atomic E-state index is 13.0. The lowest BCUT2D eigenvalue weighted by Gasteiger charge is -2.35. The first-order valence-corrected chi connectivity index (χ1v) is 11.3. The molecule has 3 rings (SSSR count). The summed E-state index contributed by atoms with van der Waals surface area (Å²) in [6, 6.07) is 6.14. The predicted octanol–water partition coefficient (Wildman–Crippen LogP) is 2.45. The van der Waals surface area contributed by atoms with E-state index in [1.165, 1.54) is 16.4 Å². The summed E-state index contributed by atoms with van der Waals surface area (Å²) in [5.74, 6) is 0.692. The lowest BCUT2D eigenvalue weighted by Crippen LogP contribution is -2.42. The molecule has 0 spiro atoms. The molecule has 30 heavy (non-hydrogen) atoms. The monoisotopic (exact) mass is 429 g/mol. The molecule has 1 aromatic carbocycles. The SMILES string of the molecule is C=CC(=O)Nc1ccc(S(=O)(=O)N(C)CC2CCCN(c3cncc(C)n3)C2)cc1. The van der Waals surface area contributed by atoms with Gasteiger partial charge in [-0.3, -0.25) is 9.78 Å². The third-order valence-corrected chi connectivity index (χ3v) is 6.95. The number of hydrogen-bond acceptors (Lipinski definition) is 6. The van der Waals surface area contributed by atoms with E-state index in [2.05, 4.69) is 26.8 Å². The van der Waals surface area contributed by atoms with Crippen LogP contribution in [0.15, 0.2) is 54.2 Å². The van der Waals surface area contributed by atoms with Crippen LogP contribution in [0.3, 0.4) is 0 Å². The van der Waals surface area contributed by atoms with Crippen LogP contribution in [0.25, 0.3) is 0 Å². The van der Waals surface area contributed by atoms with Crippen molar-refractivity contribution in [1.29, 1.82) is 0 Å². The van der Waals surface area contributed by atoms with Crippen LogP contribution in [0.5, 0.6) is 0 Å². The van der Waals surface area contributed by atoms with Gasteiger partial charge in [0.2, 0.25) is 15.9 Å². The van der Waals surface area contributed by atoms with Crippen LogP contribution in [-0.2, 0) is 14.8 Å². The molecule has 0 saturated carbocycles. The van der Waals surface area contributed by atoms with Crippen LogP contribution in [0.4, 0.5) is 11.5 Å². The third kappa shape index (κ3) is 5.22. The van der Waals surface area contributed by atoms with E-state index in [4.69, 9.17) is 0 Å². The lowest BCUT2D eigenvalue weighted by molar-refractivity contribution is -0.111. The van der Waals surface area contributed by atoms with Crippen molar-refractivity contribution in [2.45, 2.75) is 24.7 Å². The molecule has 1 aromatic heterocycles. The van der Waals surface area contributed by atoms with Crippen LogP contribution in [0.1, 0.15) is 18.5 Å². The van der Waals surface area contributed by atoms with Crippen LogP contribution in [-0.4, -0.2) is 55.3 Å². The second kappa shape index (κ2) is 9.36. The van der Waals surface area contributed by atoms with Crippen molar-refractivity contribution in [3.63, 3.8) is 0 Å². The minimum absolute atomic E-state index is 0.193. The Balaban J connectivity index is 1.66. The molecule has 2 heterocycles. The Morgan fingerprint density at radius 2 is 2.07 bits per heavy atom. The second-order valence-electron chi connectivity index (χ2n) is 7.48. The molecular formula is C21H27N5O3S. The van der Waals surface area contributed by atoms with E-state index in [0.717, 1.165) is 43.5 Å². The van der Waals surface area contributed by atoms with Crippen molar-refractivity contribution in [3.8, 4) is 0 Å². The van der Waals surface area contributed by atoms with Crippen molar-refractivity contribution < 1.29 is 13.2 Å². The second-order valence-corrected chi connectivity index (χ2v) is 9.52. The minimum Gasteiger partial charge on any atom is -0.355 e. The number of piperidine rings is 1. The Morgan fingerprint density at radius 3 is 2.73 bits per heavy atom. The quantitative estimate of drug-likeness (QED) is 0.680. The van der Waals surface area contributed by atoms with E-state index in [0.29, 0.717) is 12.2 Å². The molecule has 2 aromatic rings. The summed E-state index contributed by atoms with van der Waals surface area (Å²) in [5, 5.41) is 2.61. The first kappa shape index (κ1) is 21.9. The number of anilines is 2. The van der Waals surface area contributed by atoms with E-state index in [1.807, 2.05) is 6.92 Å². The highest BCUT2D eigenvalue weighted by molar-refractivity contribution is 7.89. The van der Waals surface area contributed by atoms with Crippen molar-refractivity contribution >= 4 is 27.4 Å². The molecule has 1 atom stereocenters. The fraction of sp³-hybridized carbons (Fsp3) is 0.381. The molecule has 1 N–H and O–H groups in total. The first-order valence-electron chi connectivity index (χ1n) is 9.83. The number of hydrogen-bond donors (Lipinski definition) is 1. The van der Waals surface area contributed by atoms with Gasteiger partial charge in [-0.1, -0.05) is 6.58 Å². The Labute approximate surface area is 177 Å². The number of sulfonamides is 1. The number of rotatable bonds is 7. The molecule has 0 bridgehead atoms. The summed E-state index contributed by atoms with van der Waals surface area (Å²) in [6.45, 7) is 7.36. The molecule has 1 aliphatic rings. The van der Waals surface area contributed by atoms with Crippen molar-refractivity contribution in [1.82, 2.24) is 14.3 Å². The number of carbonyl (C=O) groups excluding carboxylic acids is 1. The molecule has 1 aliphatic heterocycles. The van der Waals surface area contributed by atoms with Gasteiger partial charge in [-0.2, -0.15) is 0 Å². The van der Waals surface area contributed by atoms with Gasteiger partial charge in [0.25, 0.3) is 0 Å². The molecule has 0 aliphatic carbocycles. The van der Waals surface area contributed by atoms with Gasteiger partial charge in [0, 0.05) is 38.6 Å². The Bertz CT molecular complexity index is 1010. The summed E-state index contributed by atoms with van der Waals surface area (Å²) < 4.78 is 27.4. The summed E-state index contributed by atoms with van der Waals surface area (Å²) in [4.78, 5) is 22.5. The Morgan fingerprint density at radius 1 is 1.33 bits per heavy atom. The summed E-state index contributed by atoms with van der Waals surface area (Å²) in [7, 11) is -2.02. The number of aromatic nitrogens is 2. The van der Waals surface area contributed by atoms with E-state index in [1.54, 1.807) is 31.6 Å². The highest BCUT2D eigenvalue weighted by Gasteiger charge is 2.27. The summed E-state index contributed by atoms with van der Waals surface area (Å²) in [6.07, 6.45) is 6.57. The van der Waals surface area contributed by atoms with Gasteiger partial charge in [-0.25, -0.2) is 17.7 Å². The zero-order valence-corrected chi connectivity index (χ0v) is 18.1. The molecule has 1 fully saturated rings. The standard InChI is InChI=1S/C21H27N5O3S/c1-4-21(27)24-18-7-9-19(10-8-18)30(28,29)25(3)14-17-6-5-11-26(15-17)20-13-22-12-16(2)23-20/h4,7-10,12-13,17H,1,5-6,11,14-15H2,2-3H3,(H,24,27). The molecule has 0 radical (unpaired) electrons. The van der Waals surface area contributed by atoms with Gasteiger partial charge in [-0.15, -0.1) is 0 Å². The molecule has 1 amide bonds. The Hall–Kier alpha value is -2.78. The number of nitrogens with one attached hydrogen (secondary N) is 1. The molecule has 9 heteroatoms. The van der Waals surface area contributed by atoms with Gasteiger partial charge < -0.3 is 10.2 Å². The fourth-order valence-corrected chi connectivity index (χ4v) is 4.82. The van der Waals surface area contributed by atoms with Crippen molar-refractivity contribution in [2.75, 3.05) is 36.9 Å². The topological polar surface area (TPSA) is 95.5 Å². The Kier molecular flexibility index (Phi) is 6.84. The minimum atomic E-state index is -3.62. The number of carbonyl (C=O) groups is 1. The highest BCUT2D eigenvalue weighted by atomic mass is 32.2. The van der Waals surface area contributed by atoms with Gasteiger partial charge in [-0.05, 0) is 56.0 Å².